The van der Waals surface area contributed by atoms with Crippen LogP contribution in [0.1, 0.15) is 50.7 Å². The molecule has 5 aromatic carbocycles. The largest absolute Gasteiger partial charge is 0.536 e. The van der Waals surface area contributed by atoms with Crippen molar-refractivity contribution in [2.24, 2.45) is 0 Å². The molecule has 7 aromatic rings. The molecule has 0 fully saturated rings. The molecule has 0 saturated heterocycles. The molecular formula is C42H38BN3O2. The van der Waals surface area contributed by atoms with Gasteiger partial charge >= 0.3 is 7.05 Å². The zero-order chi connectivity index (χ0) is 32.9. The zero-order valence-corrected chi connectivity index (χ0v) is 28.0. The Morgan fingerprint density at radius 1 is 0.667 bits per heavy atom. The van der Waals surface area contributed by atoms with Crippen molar-refractivity contribution in [2.75, 3.05) is 11.9 Å². The predicted octanol–water partition coefficient (Wildman–Crippen LogP) is 10.1. The van der Waals surface area contributed by atoms with Crippen LogP contribution in [0.5, 0.6) is 17.2 Å². The van der Waals surface area contributed by atoms with E-state index in [4.69, 9.17) is 14.4 Å². The quantitative estimate of drug-likeness (QED) is 0.165. The highest BCUT2D eigenvalue weighted by Gasteiger charge is 2.36. The number of hydrogen-bond donors (Lipinski definition) is 0. The van der Waals surface area contributed by atoms with E-state index in [9.17, 15) is 0 Å². The summed E-state index contributed by atoms with van der Waals surface area (Å²) in [5.74, 6) is 4.09. The van der Waals surface area contributed by atoms with Gasteiger partial charge in [-0.05, 0) is 101 Å². The number of benzene rings is 5. The summed E-state index contributed by atoms with van der Waals surface area (Å²) in [6, 6.07) is 42.3. The Hall–Kier alpha value is -5.49. The van der Waals surface area contributed by atoms with Crippen LogP contribution < -0.4 is 19.7 Å². The van der Waals surface area contributed by atoms with Crippen LogP contribution in [0.4, 0.5) is 5.69 Å². The highest BCUT2D eigenvalue weighted by Crippen LogP contribution is 2.39. The van der Waals surface area contributed by atoms with Crippen LogP contribution in [0.2, 0.25) is 0 Å². The Labute approximate surface area is 282 Å². The Kier molecular flexibility index (Phi) is 7.44. The van der Waals surface area contributed by atoms with Gasteiger partial charge in [-0.15, -0.1) is 0 Å². The van der Waals surface area contributed by atoms with Crippen molar-refractivity contribution in [3.05, 3.63) is 139 Å². The fourth-order valence-corrected chi connectivity index (χ4v) is 7.17. The third-order valence-electron chi connectivity index (χ3n) is 9.50. The maximum Gasteiger partial charge on any atom is 0.519 e. The Balaban J connectivity index is 1.20. The third-order valence-corrected chi connectivity index (χ3v) is 9.50. The molecule has 0 spiro atoms. The van der Waals surface area contributed by atoms with E-state index in [1.165, 1.54) is 27.6 Å². The van der Waals surface area contributed by atoms with Crippen molar-refractivity contribution >= 4 is 40.0 Å². The number of hydrogen-bond acceptors (Lipinski definition) is 4. The molecular weight excluding hydrogens is 589 g/mol. The highest BCUT2D eigenvalue weighted by atomic mass is 16.5. The molecule has 48 heavy (non-hydrogen) atoms. The molecule has 236 valence electrons. The van der Waals surface area contributed by atoms with Gasteiger partial charge in [-0.25, -0.2) is 4.98 Å². The maximum absolute atomic E-state index is 6.56. The van der Waals surface area contributed by atoms with Crippen molar-refractivity contribution in [3.8, 4) is 34.2 Å². The molecule has 8 rings (SSSR count). The van der Waals surface area contributed by atoms with E-state index in [-0.39, 0.29) is 7.05 Å². The van der Waals surface area contributed by atoms with Gasteiger partial charge in [0.1, 0.15) is 23.1 Å². The first-order valence-electron chi connectivity index (χ1n) is 16.8. The van der Waals surface area contributed by atoms with Gasteiger partial charge < -0.3 is 14.2 Å². The third kappa shape index (κ3) is 5.09. The van der Waals surface area contributed by atoms with Gasteiger partial charge in [0.25, 0.3) is 0 Å². The Morgan fingerprint density at radius 3 is 2.17 bits per heavy atom. The average molecular weight is 628 g/mol. The van der Waals surface area contributed by atoms with Crippen molar-refractivity contribution in [1.82, 2.24) is 9.55 Å². The first-order chi connectivity index (χ1) is 23.4. The summed E-state index contributed by atoms with van der Waals surface area (Å²) >= 11 is 0. The summed E-state index contributed by atoms with van der Waals surface area (Å²) in [6.07, 6.45) is 1.94. The minimum Gasteiger partial charge on any atom is -0.536 e. The molecule has 6 heteroatoms. The fourth-order valence-electron chi connectivity index (χ4n) is 7.17. The van der Waals surface area contributed by atoms with E-state index in [0.29, 0.717) is 11.8 Å². The molecule has 2 aromatic heterocycles. The van der Waals surface area contributed by atoms with Crippen molar-refractivity contribution in [2.45, 2.75) is 39.5 Å². The maximum atomic E-state index is 6.56. The van der Waals surface area contributed by atoms with E-state index in [1.54, 1.807) is 0 Å². The second-order valence-electron chi connectivity index (χ2n) is 13.3. The van der Waals surface area contributed by atoms with Crippen LogP contribution in [0.15, 0.2) is 128 Å². The van der Waals surface area contributed by atoms with Crippen molar-refractivity contribution in [3.63, 3.8) is 0 Å². The SMILES string of the molecule is CC(C)c1cccc(C(C)C)c1-c1ccnc(-n2c3ccccc3c3ccc(Oc4cccc(B5Oc6ccccc6N5C)c4)cc32)c1. The predicted molar refractivity (Wildman–Crippen MR) is 200 cm³/mol. The van der Waals surface area contributed by atoms with Gasteiger partial charge in [0, 0.05) is 23.0 Å². The minimum absolute atomic E-state index is 0.216. The molecule has 1 aliphatic rings. The zero-order valence-electron chi connectivity index (χ0n) is 28.0. The molecule has 0 atom stereocenters. The first kappa shape index (κ1) is 29.9. The molecule has 5 nitrogen and oxygen atoms in total. The number of anilines is 1. The van der Waals surface area contributed by atoms with Gasteiger partial charge in [0.15, 0.2) is 0 Å². The summed E-state index contributed by atoms with van der Waals surface area (Å²) in [4.78, 5) is 7.11. The standard InChI is InChI=1S/C42H38BN3O2/c1-27(2)33-15-11-16-34(28(3)4)42(33)29-22-23-44-41(24-29)46-37-17-7-6-14-35(37)36-21-20-32(26-39(36)46)47-31-13-10-12-30(25-31)43-45(5)38-18-8-9-19-40(38)48-43/h6-28H,1-5H3. The smallest absolute Gasteiger partial charge is 0.519 e. The van der Waals surface area contributed by atoms with Crippen molar-refractivity contribution in [1.29, 1.82) is 0 Å². The second kappa shape index (κ2) is 12.0. The van der Waals surface area contributed by atoms with Gasteiger partial charge in [0.2, 0.25) is 0 Å². The normalized spacial score (nSPS) is 12.7. The molecule has 0 N–H and O–H groups in total. The van der Waals surface area contributed by atoms with E-state index in [2.05, 4.69) is 135 Å². The summed E-state index contributed by atoms with van der Waals surface area (Å²) in [6.45, 7) is 9.08. The Bertz CT molecular complexity index is 2280. The molecule has 0 radical (unpaired) electrons. The highest BCUT2D eigenvalue weighted by molar-refractivity contribution is 6.73. The van der Waals surface area contributed by atoms with Crippen LogP contribution in [-0.2, 0) is 0 Å². The molecule has 3 heterocycles. The van der Waals surface area contributed by atoms with E-state index in [1.807, 2.05) is 36.5 Å². The molecule has 0 saturated carbocycles. The van der Waals surface area contributed by atoms with Crippen LogP contribution in [0.25, 0.3) is 38.8 Å². The van der Waals surface area contributed by atoms with Crippen molar-refractivity contribution < 1.29 is 9.39 Å². The summed E-state index contributed by atoms with van der Waals surface area (Å²) in [7, 11) is 1.84. The molecule has 0 bridgehead atoms. The number of ether oxygens (including phenoxy) is 1. The van der Waals surface area contributed by atoms with E-state index in [0.717, 1.165) is 50.6 Å². The molecule has 0 unspecified atom stereocenters. The van der Waals surface area contributed by atoms with E-state index >= 15 is 0 Å². The Morgan fingerprint density at radius 2 is 1.38 bits per heavy atom. The first-order valence-corrected chi connectivity index (χ1v) is 16.8. The van der Waals surface area contributed by atoms with Gasteiger partial charge in [0.05, 0.1) is 16.7 Å². The topological polar surface area (TPSA) is 39.5 Å². The van der Waals surface area contributed by atoms with Crippen LogP contribution >= 0.6 is 0 Å². The van der Waals surface area contributed by atoms with Gasteiger partial charge in [-0.3, -0.25) is 4.57 Å². The number of rotatable bonds is 7. The monoisotopic (exact) mass is 627 g/mol. The lowest BCUT2D eigenvalue weighted by molar-refractivity contribution is 0.483. The second-order valence-corrected chi connectivity index (χ2v) is 13.3. The minimum atomic E-state index is -0.216. The van der Waals surface area contributed by atoms with Crippen LogP contribution in [0.3, 0.4) is 0 Å². The summed E-state index contributed by atoms with van der Waals surface area (Å²) in [5, 5.41) is 2.34. The van der Waals surface area contributed by atoms with Crippen LogP contribution in [-0.4, -0.2) is 23.6 Å². The summed E-state index contributed by atoms with van der Waals surface area (Å²) < 4.78 is 15.1. The number of pyridine rings is 1. The number of para-hydroxylation sites is 3. The molecule has 1 aliphatic heterocycles. The van der Waals surface area contributed by atoms with Gasteiger partial charge in [-0.1, -0.05) is 88.4 Å². The van der Waals surface area contributed by atoms with Gasteiger partial charge in [-0.2, -0.15) is 0 Å². The van der Waals surface area contributed by atoms with E-state index < -0.39 is 0 Å². The fraction of sp³-hybridized carbons (Fsp3) is 0.167. The average Bonchev–Trinajstić information content (AvgIpc) is 3.62. The number of fused-ring (bicyclic) bond motifs is 4. The number of aromatic nitrogens is 2. The summed E-state index contributed by atoms with van der Waals surface area (Å²) in [5.41, 5.74) is 9.49. The van der Waals surface area contributed by atoms with Crippen LogP contribution in [0, 0.1) is 0 Å². The lowest BCUT2D eigenvalue weighted by Gasteiger charge is -2.20. The lowest BCUT2D eigenvalue weighted by Crippen LogP contribution is -2.47. The lowest BCUT2D eigenvalue weighted by atomic mass is 9.72. The molecule has 0 aliphatic carbocycles. The molecule has 0 amide bonds. The number of nitrogens with zero attached hydrogens (tertiary/aromatic N) is 3.